The molecule has 82 valence electrons. The van der Waals surface area contributed by atoms with Crippen LogP contribution in [0.2, 0.25) is 0 Å². The van der Waals surface area contributed by atoms with E-state index in [0.29, 0.717) is 6.04 Å². The molecule has 2 unspecified atom stereocenters. The molecular formula is C11H23N3. The van der Waals surface area contributed by atoms with Crippen LogP contribution in [0.25, 0.3) is 0 Å². The third-order valence-corrected chi connectivity index (χ3v) is 3.73. The smallest absolute Gasteiger partial charge is 0.0223 e. The minimum atomic E-state index is 0.702. The molecule has 3 nitrogen and oxygen atoms in total. The van der Waals surface area contributed by atoms with Gasteiger partial charge in [-0.25, -0.2) is 0 Å². The summed E-state index contributed by atoms with van der Waals surface area (Å²) in [5.74, 6) is 0. The van der Waals surface area contributed by atoms with Gasteiger partial charge in [-0.2, -0.15) is 0 Å². The van der Waals surface area contributed by atoms with E-state index < -0.39 is 0 Å². The number of nitrogens with two attached hydrogens (primary N) is 1. The summed E-state index contributed by atoms with van der Waals surface area (Å²) < 4.78 is 0. The van der Waals surface area contributed by atoms with E-state index in [1.807, 2.05) is 0 Å². The Morgan fingerprint density at radius 1 is 1.29 bits per heavy atom. The van der Waals surface area contributed by atoms with Gasteiger partial charge in [-0.05, 0) is 26.3 Å². The van der Waals surface area contributed by atoms with Gasteiger partial charge in [0.2, 0.25) is 0 Å². The summed E-state index contributed by atoms with van der Waals surface area (Å²) >= 11 is 0. The summed E-state index contributed by atoms with van der Waals surface area (Å²) in [6.07, 6.45) is 4.22. The summed E-state index contributed by atoms with van der Waals surface area (Å²) in [5.41, 5.74) is 5.63. The summed E-state index contributed by atoms with van der Waals surface area (Å²) in [5, 5.41) is 0. The number of hydrogen-bond donors (Lipinski definition) is 1. The summed E-state index contributed by atoms with van der Waals surface area (Å²) in [4.78, 5) is 5.24. The first-order valence-corrected chi connectivity index (χ1v) is 5.99. The van der Waals surface area contributed by atoms with Gasteiger partial charge in [0.1, 0.15) is 0 Å². The average molecular weight is 197 g/mol. The van der Waals surface area contributed by atoms with Gasteiger partial charge in [-0.3, -0.25) is 9.80 Å². The lowest BCUT2D eigenvalue weighted by Gasteiger charge is -2.47. The standard InChI is InChI=1S/C11H23N3/c1-10-8-14-6-3-2-4-11(14)9-13(10)7-5-12/h10-11H,2-9,12H2,1H3. The topological polar surface area (TPSA) is 32.5 Å². The molecule has 2 atom stereocenters. The van der Waals surface area contributed by atoms with Crippen molar-refractivity contribution in [2.24, 2.45) is 5.73 Å². The van der Waals surface area contributed by atoms with Crippen molar-refractivity contribution in [1.29, 1.82) is 0 Å². The fourth-order valence-corrected chi connectivity index (χ4v) is 2.89. The Morgan fingerprint density at radius 3 is 2.93 bits per heavy atom. The summed E-state index contributed by atoms with van der Waals surface area (Å²) in [6, 6.07) is 1.53. The van der Waals surface area contributed by atoms with Crippen LogP contribution in [0.5, 0.6) is 0 Å². The minimum Gasteiger partial charge on any atom is -0.329 e. The molecule has 0 radical (unpaired) electrons. The van der Waals surface area contributed by atoms with Crippen LogP contribution in [0.3, 0.4) is 0 Å². The van der Waals surface area contributed by atoms with Crippen molar-refractivity contribution < 1.29 is 0 Å². The second-order valence-electron chi connectivity index (χ2n) is 4.78. The number of hydrogen-bond acceptors (Lipinski definition) is 3. The fraction of sp³-hybridized carbons (Fsp3) is 1.00. The highest BCUT2D eigenvalue weighted by atomic mass is 15.3. The highest BCUT2D eigenvalue weighted by molar-refractivity contribution is 4.88. The first-order chi connectivity index (χ1) is 6.81. The Kier molecular flexibility index (Phi) is 3.42. The second kappa shape index (κ2) is 4.60. The first-order valence-electron chi connectivity index (χ1n) is 5.99. The van der Waals surface area contributed by atoms with Gasteiger partial charge in [-0.15, -0.1) is 0 Å². The van der Waals surface area contributed by atoms with Gasteiger partial charge in [-0.1, -0.05) is 6.42 Å². The largest absolute Gasteiger partial charge is 0.329 e. The molecule has 0 amide bonds. The van der Waals surface area contributed by atoms with Crippen molar-refractivity contribution in [3.63, 3.8) is 0 Å². The highest BCUT2D eigenvalue weighted by Crippen LogP contribution is 2.23. The predicted molar refractivity (Wildman–Crippen MR) is 59.3 cm³/mol. The van der Waals surface area contributed by atoms with E-state index in [4.69, 9.17) is 5.73 Å². The minimum absolute atomic E-state index is 0.702. The van der Waals surface area contributed by atoms with Crippen LogP contribution in [-0.2, 0) is 0 Å². The first kappa shape index (κ1) is 10.4. The predicted octanol–water partition coefficient (Wildman–Crippen LogP) is 0.504. The van der Waals surface area contributed by atoms with Crippen LogP contribution in [0.15, 0.2) is 0 Å². The number of piperazine rings is 1. The van der Waals surface area contributed by atoms with Crippen LogP contribution in [-0.4, -0.2) is 54.6 Å². The summed E-state index contributed by atoms with van der Waals surface area (Å²) in [7, 11) is 0. The third kappa shape index (κ3) is 2.10. The Labute approximate surface area is 87.2 Å². The molecule has 0 bridgehead atoms. The lowest BCUT2D eigenvalue weighted by atomic mass is 9.97. The highest BCUT2D eigenvalue weighted by Gasteiger charge is 2.32. The van der Waals surface area contributed by atoms with Crippen molar-refractivity contribution in [3.8, 4) is 0 Å². The molecule has 0 saturated carbocycles. The Bertz CT molecular complexity index is 181. The SMILES string of the molecule is CC1CN2CCCCC2CN1CCN. The monoisotopic (exact) mass is 197 g/mol. The normalized spacial score (nSPS) is 35.6. The molecule has 0 aromatic rings. The molecule has 3 heteroatoms. The van der Waals surface area contributed by atoms with Gasteiger partial charge >= 0.3 is 0 Å². The van der Waals surface area contributed by atoms with E-state index in [-0.39, 0.29) is 0 Å². The molecule has 0 aromatic heterocycles. The van der Waals surface area contributed by atoms with E-state index in [1.54, 1.807) is 0 Å². The molecule has 2 N–H and O–H groups in total. The lowest BCUT2D eigenvalue weighted by molar-refractivity contribution is 0.0171. The summed E-state index contributed by atoms with van der Waals surface area (Å²) in [6.45, 7) is 8.04. The second-order valence-corrected chi connectivity index (χ2v) is 4.78. The zero-order valence-corrected chi connectivity index (χ0v) is 9.28. The van der Waals surface area contributed by atoms with Crippen molar-refractivity contribution in [2.75, 3.05) is 32.7 Å². The van der Waals surface area contributed by atoms with Gasteiger partial charge in [0, 0.05) is 38.3 Å². The van der Waals surface area contributed by atoms with Gasteiger partial charge in [0.05, 0.1) is 0 Å². The van der Waals surface area contributed by atoms with Crippen LogP contribution >= 0.6 is 0 Å². The molecule has 2 rings (SSSR count). The van der Waals surface area contributed by atoms with E-state index in [9.17, 15) is 0 Å². The molecule has 2 heterocycles. The molecule has 2 fully saturated rings. The zero-order chi connectivity index (χ0) is 9.97. The maximum absolute atomic E-state index is 5.63. The quantitative estimate of drug-likeness (QED) is 0.700. The number of nitrogens with zero attached hydrogens (tertiary/aromatic N) is 2. The molecule has 2 aliphatic heterocycles. The fourth-order valence-electron chi connectivity index (χ4n) is 2.89. The third-order valence-electron chi connectivity index (χ3n) is 3.73. The lowest BCUT2D eigenvalue weighted by Crippen LogP contribution is -2.59. The van der Waals surface area contributed by atoms with E-state index in [0.717, 1.165) is 19.1 Å². The van der Waals surface area contributed by atoms with E-state index in [2.05, 4.69) is 16.7 Å². The van der Waals surface area contributed by atoms with Crippen molar-refractivity contribution in [1.82, 2.24) is 9.80 Å². The van der Waals surface area contributed by atoms with Crippen LogP contribution in [0.1, 0.15) is 26.2 Å². The van der Waals surface area contributed by atoms with Crippen molar-refractivity contribution >= 4 is 0 Å². The Balaban J connectivity index is 1.92. The molecule has 2 saturated heterocycles. The Hall–Kier alpha value is -0.120. The maximum atomic E-state index is 5.63. The zero-order valence-electron chi connectivity index (χ0n) is 9.28. The molecule has 0 aliphatic carbocycles. The van der Waals surface area contributed by atoms with Gasteiger partial charge in [0.25, 0.3) is 0 Å². The van der Waals surface area contributed by atoms with E-state index in [1.165, 1.54) is 38.9 Å². The molecular weight excluding hydrogens is 174 g/mol. The van der Waals surface area contributed by atoms with Crippen LogP contribution < -0.4 is 5.73 Å². The van der Waals surface area contributed by atoms with Crippen LogP contribution in [0.4, 0.5) is 0 Å². The number of piperidine rings is 1. The molecule has 0 spiro atoms. The van der Waals surface area contributed by atoms with Crippen molar-refractivity contribution in [2.45, 2.75) is 38.3 Å². The Morgan fingerprint density at radius 2 is 2.14 bits per heavy atom. The number of rotatable bonds is 2. The number of fused-ring (bicyclic) bond motifs is 1. The van der Waals surface area contributed by atoms with Gasteiger partial charge < -0.3 is 5.73 Å². The average Bonchev–Trinajstić information content (AvgIpc) is 2.19. The van der Waals surface area contributed by atoms with Gasteiger partial charge in [0.15, 0.2) is 0 Å². The molecule has 0 aromatic carbocycles. The molecule has 2 aliphatic rings. The maximum Gasteiger partial charge on any atom is 0.0223 e. The van der Waals surface area contributed by atoms with Crippen LogP contribution in [0, 0.1) is 0 Å². The van der Waals surface area contributed by atoms with Crippen molar-refractivity contribution in [3.05, 3.63) is 0 Å². The van der Waals surface area contributed by atoms with E-state index >= 15 is 0 Å². The molecule has 14 heavy (non-hydrogen) atoms.